The second-order valence-corrected chi connectivity index (χ2v) is 2.84. The predicted octanol–water partition coefficient (Wildman–Crippen LogP) is 2.69. The van der Waals surface area contributed by atoms with E-state index < -0.39 is 12.3 Å². The minimum absolute atomic E-state index is 0.0357. The van der Waals surface area contributed by atoms with E-state index in [0.29, 0.717) is 0 Å². The van der Waals surface area contributed by atoms with Gasteiger partial charge in [0, 0.05) is 0 Å². The number of halogens is 3. The molecule has 1 rings (SSSR count). The van der Waals surface area contributed by atoms with Gasteiger partial charge in [-0.05, 0) is 25.1 Å². The largest absolute Gasteiger partial charge is 0.480 e. The van der Waals surface area contributed by atoms with Crippen LogP contribution in [0.1, 0.15) is 12.5 Å². The first-order chi connectivity index (χ1) is 6.95. The van der Waals surface area contributed by atoms with Crippen molar-refractivity contribution in [2.75, 3.05) is 0 Å². The molecule has 0 aliphatic carbocycles. The van der Waals surface area contributed by atoms with Crippen molar-refractivity contribution < 1.29 is 17.9 Å². The molecule has 0 saturated carbocycles. The van der Waals surface area contributed by atoms with Gasteiger partial charge in [-0.3, -0.25) is 0 Å². The molecule has 0 N–H and O–H groups in total. The number of nitriles is 1. The highest BCUT2D eigenvalue weighted by atomic mass is 19.4. The highest BCUT2D eigenvalue weighted by Crippen LogP contribution is 2.26. The van der Waals surface area contributed by atoms with Crippen LogP contribution in [-0.4, -0.2) is 12.3 Å². The average molecular weight is 214 g/mol. The number of benzene rings is 1. The monoisotopic (exact) mass is 214 g/mol. The molecule has 0 amide bonds. The summed E-state index contributed by atoms with van der Waals surface area (Å²) in [6.45, 7) is 0.887. The van der Waals surface area contributed by atoms with E-state index in [4.69, 9.17) is 5.26 Å². The third-order valence-electron chi connectivity index (χ3n) is 1.71. The highest BCUT2D eigenvalue weighted by molar-refractivity contribution is 5.42. The molecule has 0 bridgehead atoms. The Kier molecular flexibility index (Phi) is 3.20. The van der Waals surface area contributed by atoms with E-state index in [2.05, 4.69) is 10.8 Å². The fraction of sp³-hybridized carbons (Fsp3) is 0.300. The van der Waals surface area contributed by atoms with Crippen LogP contribution in [0.2, 0.25) is 0 Å². The zero-order valence-electron chi connectivity index (χ0n) is 7.80. The van der Waals surface area contributed by atoms with Crippen molar-refractivity contribution in [1.82, 2.24) is 0 Å². The lowest BCUT2D eigenvalue weighted by molar-refractivity contribution is -0.189. The van der Waals surface area contributed by atoms with E-state index in [0.717, 1.165) is 6.92 Å². The quantitative estimate of drug-likeness (QED) is 0.758. The fourth-order valence-electron chi connectivity index (χ4n) is 0.864. The maximum atomic E-state index is 12.2. The first-order valence-corrected chi connectivity index (χ1v) is 4.08. The number of hydrogen-bond acceptors (Lipinski definition) is 2. The summed E-state index contributed by atoms with van der Waals surface area (Å²) in [6, 6.07) is 8.25. The summed E-state index contributed by atoms with van der Waals surface area (Å²) in [5, 5.41) is 8.60. The molecule has 79 valence electrons. The molecule has 15 heavy (non-hydrogen) atoms. The van der Waals surface area contributed by atoms with E-state index in [1.807, 2.05) is 0 Å². The van der Waals surface area contributed by atoms with Crippen LogP contribution in [0.5, 0.6) is 5.75 Å². The van der Waals surface area contributed by atoms with E-state index in [-0.39, 0.29) is 11.3 Å². The Morgan fingerprint density at radius 1 is 1.53 bits per heavy atom. The summed E-state index contributed by atoms with van der Waals surface area (Å²) >= 11 is 0. The number of alkyl halides is 3. The number of hydrogen-bond donors (Lipinski definition) is 0. The molecule has 2 nitrogen and oxygen atoms in total. The van der Waals surface area contributed by atoms with E-state index in [9.17, 15) is 13.2 Å². The van der Waals surface area contributed by atoms with Crippen molar-refractivity contribution in [3.8, 4) is 11.8 Å². The van der Waals surface area contributed by atoms with Gasteiger partial charge < -0.3 is 4.74 Å². The molecule has 5 heteroatoms. The SMILES string of the molecule is C[C@@H](Oc1cc[c]cc1C#N)C(F)(F)F. The van der Waals surface area contributed by atoms with Crippen LogP contribution in [0.3, 0.4) is 0 Å². The Hall–Kier alpha value is -1.70. The van der Waals surface area contributed by atoms with Gasteiger partial charge in [-0.15, -0.1) is 0 Å². The minimum atomic E-state index is -4.44. The van der Waals surface area contributed by atoms with Crippen LogP contribution in [0.25, 0.3) is 0 Å². The third-order valence-corrected chi connectivity index (χ3v) is 1.71. The Balaban J connectivity index is 2.86. The molecule has 1 aromatic carbocycles. The van der Waals surface area contributed by atoms with Gasteiger partial charge in [0.05, 0.1) is 5.56 Å². The van der Waals surface area contributed by atoms with Gasteiger partial charge in [0.2, 0.25) is 0 Å². The third kappa shape index (κ3) is 2.88. The van der Waals surface area contributed by atoms with Crippen molar-refractivity contribution in [3.05, 3.63) is 29.8 Å². The molecule has 0 heterocycles. The molecular weight excluding hydrogens is 207 g/mol. The molecule has 1 aromatic rings. The Bertz CT molecular complexity index is 381. The average Bonchev–Trinajstić information content (AvgIpc) is 2.17. The lowest BCUT2D eigenvalue weighted by Gasteiger charge is -2.17. The van der Waals surface area contributed by atoms with Gasteiger partial charge in [0.1, 0.15) is 11.8 Å². The van der Waals surface area contributed by atoms with Crippen molar-refractivity contribution in [2.24, 2.45) is 0 Å². The van der Waals surface area contributed by atoms with Crippen LogP contribution in [0.15, 0.2) is 18.2 Å². The Labute approximate surface area is 84.9 Å². The van der Waals surface area contributed by atoms with Crippen LogP contribution >= 0.6 is 0 Å². The lowest BCUT2D eigenvalue weighted by Crippen LogP contribution is -2.31. The zero-order chi connectivity index (χ0) is 11.5. The summed E-state index contributed by atoms with van der Waals surface area (Å²) in [5.74, 6) is -0.0823. The summed E-state index contributed by atoms with van der Waals surface area (Å²) < 4.78 is 41.1. The molecule has 0 spiro atoms. The smallest absolute Gasteiger partial charge is 0.425 e. The molecule has 0 aliphatic heterocycles. The van der Waals surface area contributed by atoms with Gasteiger partial charge in [0.15, 0.2) is 6.10 Å². The standard InChI is InChI=1S/C10H7F3NO/c1-7(10(11,12)13)15-9-5-3-2-4-8(9)6-14/h3-5,7H,1H3/t7-/m1/s1. The molecule has 0 aromatic heterocycles. The van der Waals surface area contributed by atoms with Gasteiger partial charge >= 0.3 is 6.18 Å². The molecule has 1 atom stereocenters. The highest BCUT2D eigenvalue weighted by Gasteiger charge is 2.38. The summed E-state index contributed by atoms with van der Waals surface area (Å²) in [4.78, 5) is 0. The van der Waals surface area contributed by atoms with Crippen LogP contribution in [0.4, 0.5) is 13.2 Å². The molecule has 0 unspecified atom stereocenters. The van der Waals surface area contributed by atoms with Gasteiger partial charge in [-0.2, -0.15) is 18.4 Å². The first kappa shape index (κ1) is 11.4. The zero-order valence-corrected chi connectivity index (χ0v) is 7.80. The van der Waals surface area contributed by atoms with E-state index in [1.54, 1.807) is 6.07 Å². The van der Waals surface area contributed by atoms with Gasteiger partial charge in [-0.25, -0.2) is 0 Å². The second-order valence-electron chi connectivity index (χ2n) is 2.84. The number of ether oxygens (including phenoxy) is 1. The minimum Gasteiger partial charge on any atom is -0.480 e. The van der Waals surface area contributed by atoms with Crippen LogP contribution in [-0.2, 0) is 0 Å². The maximum Gasteiger partial charge on any atom is 0.425 e. The van der Waals surface area contributed by atoms with Gasteiger partial charge in [-0.1, -0.05) is 6.07 Å². The van der Waals surface area contributed by atoms with E-state index >= 15 is 0 Å². The normalized spacial score (nSPS) is 13.0. The summed E-state index contributed by atoms with van der Waals surface area (Å²) in [7, 11) is 0. The summed E-state index contributed by atoms with van der Waals surface area (Å²) in [5.41, 5.74) is 0.0357. The van der Waals surface area contributed by atoms with E-state index in [1.165, 1.54) is 18.2 Å². The second kappa shape index (κ2) is 4.22. The maximum absolute atomic E-state index is 12.2. The summed E-state index contributed by atoms with van der Waals surface area (Å²) in [6.07, 6.45) is -6.38. The van der Waals surface area contributed by atoms with Crippen molar-refractivity contribution >= 4 is 0 Å². The van der Waals surface area contributed by atoms with Crippen LogP contribution < -0.4 is 4.74 Å². The molecule has 0 fully saturated rings. The van der Waals surface area contributed by atoms with Crippen LogP contribution in [0, 0.1) is 17.4 Å². The number of rotatable bonds is 2. The number of nitrogens with zero attached hydrogens (tertiary/aromatic N) is 1. The first-order valence-electron chi connectivity index (χ1n) is 4.08. The fourth-order valence-corrected chi connectivity index (χ4v) is 0.864. The predicted molar refractivity (Wildman–Crippen MR) is 46.1 cm³/mol. The van der Waals surface area contributed by atoms with Crippen molar-refractivity contribution in [2.45, 2.75) is 19.2 Å². The van der Waals surface area contributed by atoms with Gasteiger partial charge in [0.25, 0.3) is 0 Å². The molecule has 0 aliphatic rings. The van der Waals surface area contributed by atoms with Crippen molar-refractivity contribution in [1.29, 1.82) is 5.26 Å². The Morgan fingerprint density at radius 3 is 2.73 bits per heavy atom. The topological polar surface area (TPSA) is 33.0 Å². The molecule has 1 radical (unpaired) electrons. The molecule has 0 saturated heterocycles. The lowest BCUT2D eigenvalue weighted by atomic mass is 10.2. The van der Waals surface area contributed by atoms with Crippen molar-refractivity contribution in [3.63, 3.8) is 0 Å². The Morgan fingerprint density at radius 2 is 2.20 bits per heavy atom. The molecular formula is C10H7F3NO.